The maximum absolute atomic E-state index is 13.2. The largest absolute Gasteiger partial charge is 0.328 e. The third-order valence-electron chi connectivity index (χ3n) is 5.62. The highest BCUT2D eigenvalue weighted by molar-refractivity contribution is 6.06. The highest BCUT2D eigenvalue weighted by Gasteiger charge is 2.43. The van der Waals surface area contributed by atoms with Gasteiger partial charge in [0.1, 0.15) is 12.6 Å². The highest BCUT2D eigenvalue weighted by Crippen LogP contribution is 2.21. The Kier molecular flexibility index (Phi) is 8.48. The third-order valence-corrected chi connectivity index (χ3v) is 5.62. The molecule has 0 aromatic carbocycles. The summed E-state index contributed by atoms with van der Waals surface area (Å²) in [4.78, 5) is 43.1. The molecule has 0 spiro atoms. The first-order valence-electron chi connectivity index (χ1n) is 10.7. The molecule has 2 heterocycles. The summed E-state index contributed by atoms with van der Waals surface area (Å²) >= 11 is 0. The van der Waals surface area contributed by atoms with Crippen LogP contribution in [0.5, 0.6) is 0 Å². The lowest BCUT2D eigenvalue weighted by Gasteiger charge is -2.40. The summed E-state index contributed by atoms with van der Waals surface area (Å²) in [7, 11) is 1.64. The number of piperazine rings is 1. The molecule has 1 saturated heterocycles. The molecular weight excluding hydrogens is 356 g/mol. The van der Waals surface area contributed by atoms with Crippen molar-refractivity contribution in [3.05, 3.63) is 11.6 Å². The predicted octanol–water partition coefficient (Wildman–Crippen LogP) is 2.38. The Labute approximate surface area is 169 Å². The summed E-state index contributed by atoms with van der Waals surface area (Å²) in [6.07, 6.45) is 8.79. The zero-order valence-electron chi connectivity index (χ0n) is 17.9. The average molecular weight is 393 g/mol. The minimum Gasteiger partial charge on any atom is -0.328 e. The summed E-state index contributed by atoms with van der Waals surface area (Å²) in [6.45, 7) is 7.80. The van der Waals surface area contributed by atoms with Gasteiger partial charge in [-0.3, -0.25) is 14.5 Å². The molecule has 0 aromatic rings. The molecule has 1 atom stereocenters. The summed E-state index contributed by atoms with van der Waals surface area (Å²) < 4.78 is 0. The quantitative estimate of drug-likeness (QED) is 0.483. The number of nitrogens with zero attached hydrogens (tertiary/aromatic N) is 3. The van der Waals surface area contributed by atoms with Crippen molar-refractivity contribution in [3.8, 4) is 0 Å². The van der Waals surface area contributed by atoms with Crippen LogP contribution in [-0.2, 0) is 9.59 Å². The first-order chi connectivity index (χ1) is 13.4. The van der Waals surface area contributed by atoms with Crippen molar-refractivity contribution in [1.29, 1.82) is 0 Å². The molecule has 4 amide bonds. The standard InChI is InChI=1S/C21H36N4O3/c1-5-6-7-8-9-10-13-24(16(2)3)21(28)25-15-18(26)23(4)19(20(25)27)17-11-12-22-14-17/h11,16,19,22H,5-10,12-15H2,1-4H3. The van der Waals surface area contributed by atoms with Crippen molar-refractivity contribution in [2.24, 2.45) is 0 Å². The van der Waals surface area contributed by atoms with Crippen LogP contribution in [0.25, 0.3) is 0 Å². The van der Waals surface area contributed by atoms with Crippen LogP contribution in [0, 0.1) is 0 Å². The van der Waals surface area contributed by atoms with Crippen molar-refractivity contribution in [3.63, 3.8) is 0 Å². The van der Waals surface area contributed by atoms with Crippen LogP contribution in [0.1, 0.15) is 59.3 Å². The number of carbonyl (C=O) groups excluding carboxylic acids is 3. The minimum absolute atomic E-state index is 0.0171. The molecule has 7 nitrogen and oxygen atoms in total. The van der Waals surface area contributed by atoms with E-state index in [2.05, 4.69) is 12.2 Å². The highest BCUT2D eigenvalue weighted by atomic mass is 16.2. The van der Waals surface area contributed by atoms with E-state index in [0.717, 1.165) is 23.3 Å². The number of hydrogen-bond donors (Lipinski definition) is 1. The second kappa shape index (κ2) is 10.6. The number of hydrogen-bond acceptors (Lipinski definition) is 4. The van der Waals surface area contributed by atoms with Gasteiger partial charge in [-0.25, -0.2) is 4.79 Å². The average Bonchev–Trinajstić information content (AvgIpc) is 3.17. The van der Waals surface area contributed by atoms with Crippen LogP contribution in [0.3, 0.4) is 0 Å². The van der Waals surface area contributed by atoms with E-state index in [0.29, 0.717) is 19.6 Å². The monoisotopic (exact) mass is 392 g/mol. The van der Waals surface area contributed by atoms with E-state index >= 15 is 0 Å². The second-order valence-corrected chi connectivity index (χ2v) is 8.08. The molecule has 7 heteroatoms. The van der Waals surface area contributed by atoms with Gasteiger partial charge in [0.15, 0.2) is 0 Å². The number of rotatable bonds is 9. The van der Waals surface area contributed by atoms with Crippen LogP contribution in [-0.4, -0.2) is 77.9 Å². The lowest BCUT2D eigenvalue weighted by atomic mass is 10.0. The fourth-order valence-electron chi connectivity index (χ4n) is 3.84. The summed E-state index contributed by atoms with van der Waals surface area (Å²) in [5.74, 6) is -0.496. The molecule has 158 valence electrons. The van der Waals surface area contributed by atoms with Gasteiger partial charge in [0.25, 0.3) is 5.91 Å². The molecule has 28 heavy (non-hydrogen) atoms. The van der Waals surface area contributed by atoms with Crippen LogP contribution >= 0.6 is 0 Å². The van der Waals surface area contributed by atoms with Gasteiger partial charge in [-0.2, -0.15) is 0 Å². The molecule has 2 aliphatic rings. The molecule has 0 saturated carbocycles. The molecule has 0 aliphatic carbocycles. The van der Waals surface area contributed by atoms with Crippen LogP contribution in [0.2, 0.25) is 0 Å². The van der Waals surface area contributed by atoms with Gasteiger partial charge in [-0.05, 0) is 25.8 Å². The Balaban J connectivity index is 2.03. The molecule has 2 rings (SSSR count). The molecule has 1 N–H and O–H groups in total. The Morgan fingerprint density at radius 2 is 1.89 bits per heavy atom. The summed E-state index contributed by atoms with van der Waals surface area (Å²) in [5.41, 5.74) is 0.866. The van der Waals surface area contributed by atoms with Crippen molar-refractivity contribution in [2.45, 2.75) is 71.4 Å². The van der Waals surface area contributed by atoms with Crippen molar-refractivity contribution >= 4 is 17.8 Å². The van der Waals surface area contributed by atoms with Gasteiger partial charge in [0.05, 0.1) is 0 Å². The molecule has 1 fully saturated rings. The third kappa shape index (κ3) is 5.34. The van der Waals surface area contributed by atoms with E-state index in [1.54, 1.807) is 11.9 Å². The number of likely N-dealkylation sites (N-methyl/N-ethyl adjacent to an activating group) is 1. The number of unbranched alkanes of at least 4 members (excludes halogenated alkanes) is 5. The summed E-state index contributed by atoms with van der Waals surface area (Å²) in [5, 5.41) is 3.16. The Morgan fingerprint density at radius 3 is 2.50 bits per heavy atom. The Morgan fingerprint density at radius 1 is 1.21 bits per heavy atom. The smallest absolute Gasteiger partial charge is 0.327 e. The first kappa shape index (κ1) is 22.4. The van der Waals surface area contributed by atoms with E-state index in [9.17, 15) is 14.4 Å². The predicted molar refractivity (Wildman–Crippen MR) is 110 cm³/mol. The maximum Gasteiger partial charge on any atom is 0.327 e. The van der Waals surface area contributed by atoms with Crippen molar-refractivity contribution < 1.29 is 14.4 Å². The van der Waals surface area contributed by atoms with Crippen LogP contribution in [0.4, 0.5) is 4.79 Å². The molecule has 0 bridgehead atoms. The van der Waals surface area contributed by atoms with Crippen molar-refractivity contribution in [2.75, 3.05) is 33.2 Å². The van der Waals surface area contributed by atoms with Gasteiger partial charge in [-0.1, -0.05) is 45.1 Å². The number of urea groups is 1. The topological polar surface area (TPSA) is 73.0 Å². The zero-order chi connectivity index (χ0) is 20.7. The molecule has 0 radical (unpaired) electrons. The Bertz CT molecular complexity index is 602. The Hall–Kier alpha value is -1.89. The van der Waals surface area contributed by atoms with Gasteiger partial charge in [0.2, 0.25) is 5.91 Å². The normalized spacial score (nSPS) is 20.2. The fraction of sp³-hybridized carbons (Fsp3) is 0.762. The second-order valence-electron chi connectivity index (χ2n) is 8.08. The van der Waals surface area contributed by atoms with Crippen LogP contribution in [0.15, 0.2) is 11.6 Å². The zero-order valence-corrected chi connectivity index (χ0v) is 17.9. The van der Waals surface area contributed by atoms with Crippen molar-refractivity contribution in [1.82, 2.24) is 20.0 Å². The maximum atomic E-state index is 13.2. The SMILES string of the molecule is CCCCCCCCN(C(=O)N1CC(=O)N(C)C(C2=CCNC2)C1=O)C(C)C. The fourth-order valence-corrected chi connectivity index (χ4v) is 3.84. The number of amides is 4. The van der Waals surface area contributed by atoms with Crippen LogP contribution < -0.4 is 5.32 Å². The van der Waals surface area contributed by atoms with E-state index in [4.69, 9.17) is 0 Å². The van der Waals surface area contributed by atoms with Gasteiger partial charge in [-0.15, -0.1) is 0 Å². The number of nitrogens with one attached hydrogen (secondary N) is 1. The number of carbonyl (C=O) groups is 3. The molecule has 1 unspecified atom stereocenters. The first-order valence-corrected chi connectivity index (χ1v) is 10.7. The number of imide groups is 1. The van der Waals surface area contributed by atoms with E-state index in [1.807, 2.05) is 19.9 Å². The minimum atomic E-state index is -0.678. The van der Waals surface area contributed by atoms with E-state index < -0.39 is 6.04 Å². The van der Waals surface area contributed by atoms with E-state index in [1.165, 1.54) is 30.6 Å². The summed E-state index contributed by atoms with van der Waals surface area (Å²) in [6, 6.07) is -1.04. The van der Waals surface area contributed by atoms with Gasteiger partial charge >= 0.3 is 6.03 Å². The molecular formula is C21H36N4O3. The molecule has 0 aromatic heterocycles. The van der Waals surface area contributed by atoms with E-state index in [-0.39, 0.29) is 30.4 Å². The van der Waals surface area contributed by atoms with Gasteiger partial charge < -0.3 is 15.1 Å². The molecule has 2 aliphatic heterocycles. The van der Waals surface area contributed by atoms with Gasteiger partial charge in [0, 0.05) is 32.7 Å². The lowest BCUT2D eigenvalue weighted by Crippen LogP contribution is -2.63. The lowest BCUT2D eigenvalue weighted by molar-refractivity contribution is -0.150.